The van der Waals surface area contributed by atoms with Gasteiger partial charge in [0.15, 0.2) is 5.82 Å². The number of anilines is 5. The van der Waals surface area contributed by atoms with E-state index < -0.39 is 10.9 Å². The first kappa shape index (κ1) is 28.4. The second-order valence-corrected chi connectivity index (χ2v) is 11.0. The van der Waals surface area contributed by atoms with Gasteiger partial charge in [-0.15, -0.1) is 0 Å². The highest BCUT2D eigenvalue weighted by Gasteiger charge is 2.25. The summed E-state index contributed by atoms with van der Waals surface area (Å²) < 4.78 is 30.1. The van der Waals surface area contributed by atoms with E-state index in [1.54, 1.807) is 7.11 Å². The van der Waals surface area contributed by atoms with Gasteiger partial charge in [-0.25, -0.2) is 18.1 Å². The van der Waals surface area contributed by atoms with Crippen molar-refractivity contribution in [3.63, 3.8) is 0 Å². The monoisotopic (exact) mass is 586 g/mol. The average molecular weight is 587 g/mol. The second-order valence-electron chi connectivity index (χ2n) is 9.78. The lowest BCUT2D eigenvalue weighted by Gasteiger charge is -2.41. The third-order valence-corrected chi connectivity index (χ3v) is 8.04. The van der Waals surface area contributed by atoms with Crippen LogP contribution in [0.25, 0.3) is 0 Å². The molecule has 2 fully saturated rings. The first-order valence-corrected chi connectivity index (χ1v) is 15.0. The Hall–Kier alpha value is -3.16. The minimum Gasteiger partial charge on any atom is -0.494 e. The van der Waals surface area contributed by atoms with E-state index in [1.165, 1.54) is 19.0 Å². The molecule has 1 aromatic heterocycles. The number of para-hydroxylation sites is 1. The van der Waals surface area contributed by atoms with Crippen molar-refractivity contribution in [2.45, 2.75) is 25.4 Å². The summed E-state index contributed by atoms with van der Waals surface area (Å²) in [4.78, 5) is 13.9. The number of hydrogen-bond acceptors (Lipinski definition) is 10. The molecule has 2 aromatic carbocycles. The highest BCUT2D eigenvalue weighted by molar-refractivity contribution is 7.70. The molecule has 11 nitrogen and oxygen atoms in total. The van der Waals surface area contributed by atoms with Crippen molar-refractivity contribution in [1.82, 2.24) is 24.9 Å². The van der Waals surface area contributed by atoms with E-state index in [4.69, 9.17) is 16.3 Å². The van der Waals surface area contributed by atoms with Crippen LogP contribution in [0.1, 0.15) is 18.4 Å². The minimum absolute atomic E-state index is 0.145. The molecule has 0 radical (unpaired) electrons. The third kappa shape index (κ3) is 7.12. The molecule has 2 aliphatic heterocycles. The van der Waals surface area contributed by atoms with Gasteiger partial charge in [-0.2, -0.15) is 4.98 Å². The van der Waals surface area contributed by atoms with E-state index in [1.807, 2.05) is 36.4 Å². The van der Waals surface area contributed by atoms with Crippen LogP contribution in [0.15, 0.2) is 48.7 Å². The fourth-order valence-electron chi connectivity index (χ4n) is 5.21. The number of hydrogen-bond donors (Lipinski definition) is 5. The molecule has 0 aliphatic carbocycles. The van der Waals surface area contributed by atoms with Gasteiger partial charge < -0.3 is 25.6 Å². The van der Waals surface area contributed by atoms with Crippen molar-refractivity contribution in [2.75, 3.05) is 61.9 Å². The summed E-state index contributed by atoms with van der Waals surface area (Å²) >= 11 is 6.39. The maximum absolute atomic E-state index is 11.0. The van der Waals surface area contributed by atoms with Crippen LogP contribution in [0, 0.1) is 0 Å². The summed E-state index contributed by atoms with van der Waals surface area (Å²) in [5.41, 5.74) is 3.29. The lowest BCUT2D eigenvalue weighted by Crippen LogP contribution is -2.52. The van der Waals surface area contributed by atoms with E-state index in [0.717, 1.165) is 56.2 Å². The third-order valence-electron chi connectivity index (χ3n) is 7.35. The predicted octanol–water partition coefficient (Wildman–Crippen LogP) is 3.12. The topological polar surface area (TPSA) is 124 Å². The molecule has 3 heterocycles. The van der Waals surface area contributed by atoms with Crippen molar-refractivity contribution in [3.05, 3.63) is 59.2 Å². The van der Waals surface area contributed by atoms with Crippen LogP contribution in [-0.2, 0) is 17.4 Å². The fourth-order valence-corrected chi connectivity index (χ4v) is 5.64. The summed E-state index contributed by atoms with van der Waals surface area (Å²) in [5, 5.41) is 10.2. The van der Waals surface area contributed by atoms with Crippen molar-refractivity contribution in [1.29, 1.82) is 0 Å². The number of rotatable bonds is 10. The van der Waals surface area contributed by atoms with Crippen LogP contribution in [0.2, 0.25) is 5.02 Å². The molecular formula is C27H35ClN8O3S. The summed E-state index contributed by atoms with van der Waals surface area (Å²) in [5.74, 6) is 1.42. The maximum atomic E-state index is 11.0. The lowest BCUT2D eigenvalue weighted by molar-refractivity contribution is 0.153. The van der Waals surface area contributed by atoms with Gasteiger partial charge in [0.05, 0.1) is 19.0 Å². The zero-order valence-electron chi connectivity index (χ0n) is 22.4. The van der Waals surface area contributed by atoms with Crippen LogP contribution in [0.4, 0.5) is 28.8 Å². The van der Waals surface area contributed by atoms with Gasteiger partial charge in [-0.3, -0.25) is 4.90 Å². The Morgan fingerprint density at radius 2 is 1.82 bits per heavy atom. The Morgan fingerprint density at radius 3 is 2.58 bits per heavy atom. The Balaban J connectivity index is 1.26. The number of nitrogens with one attached hydrogen (secondary N) is 4. The molecule has 2 saturated heterocycles. The van der Waals surface area contributed by atoms with Crippen molar-refractivity contribution in [2.24, 2.45) is 0 Å². The van der Waals surface area contributed by atoms with Gasteiger partial charge in [-0.05, 0) is 49.7 Å². The van der Waals surface area contributed by atoms with Gasteiger partial charge in [0.1, 0.15) is 10.8 Å². The zero-order valence-corrected chi connectivity index (χ0v) is 24.0. The quantitative estimate of drug-likeness (QED) is 0.226. The number of halogens is 1. The van der Waals surface area contributed by atoms with E-state index >= 15 is 0 Å². The summed E-state index contributed by atoms with van der Waals surface area (Å²) in [6.45, 7) is 6.47. The molecular weight excluding hydrogens is 552 g/mol. The molecule has 0 atom stereocenters. The van der Waals surface area contributed by atoms with Gasteiger partial charge >= 0.3 is 0 Å². The molecule has 0 saturated carbocycles. The summed E-state index contributed by atoms with van der Waals surface area (Å²) in [6, 6.07) is 14.1. The standard InChI is InChI=1S/C27H35ClN8O3S/c1-39-25-16-21(36-14-12-35(13-15-36)20-8-10-29-11-9-20)6-7-24(25)33-27-30-18-22(28)26(34-27)32-23-5-3-2-4-19(23)17-31-40(37)38/h2-7,16,18,20,29,40H,8-15,17H2,1H3,(H,31,37,38)(H2,30,32,33,34). The van der Waals surface area contributed by atoms with Gasteiger partial charge in [-0.1, -0.05) is 29.8 Å². The number of ether oxygens (including phenoxy) is 1. The second kappa shape index (κ2) is 13.5. The molecule has 214 valence electrons. The Labute approximate surface area is 241 Å². The molecule has 5 rings (SSSR count). The first-order valence-electron chi connectivity index (χ1n) is 13.4. The molecule has 0 amide bonds. The fraction of sp³-hybridized carbons (Fsp3) is 0.407. The number of benzene rings is 2. The Bertz CT molecular complexity index is 1370. The van der Waals surface area contributed by atoms with Crippen molar-refractivity contribution in [3.8, 4) is 5.75 Å². The van der Waals surface area contributed by atoms with E-state index in [-0.39, 0.29) is 6.54 Å². The minimum atomic E-state index is -2.71. The number of nitrogens with zero attached hydrogens (tertiary/aromatic N) is 4. The van der Waals surface area contributed by atoms with Gasteiger partial charge in [0.2, 0.25) is 16.8 Å². The largest absolute Gasteiger partial charge is 0.494 e. The summed E-state index contributed by atoms with van der Waals surface area (Å²) in [7, 11) is -1.06. The molecule has 4 N–H and O–H groups in total. The maximum Gasteiger partial charge on any atom is 0.229 e. The normalized spacial score (nSPS) is 16.7. The van der Waals surface area contributed by atoms with Gasteiger partial charge in [0.25, 0.3) is 0 Å². The number of piperidine rings is 1. The predicted molar refractivity (Wildman–Crippen MR) is 160 cm³/mol. The van der Waals surface area contributed by atoms with Crippen LogP contribution < -0.4 is 30.3 Å². The van der Waals surface area contributed by atoms with Crippen molar-refractivity contribution < 1.29 is 13.2 Å². The van der Waals surface area contributed by atoms with Crippen LogP contribution >= 0.6 is 11.6 Å². The molecule has 0 unspecified atom stereocenters. The molecule has 0 spiro atoms. The Morgan fingerprint density at radius 1 is 1.05 bits per heavy atom. The van der Waals surface area contributed by atoms with Crippen LogP contribution in [-0.4, -0.2) is 75.7 Å². The number of piperazine rings is 1. The number of methoxy groups -OCH3 is 1. The SMILES string of the molecule is COc1cc(N2CCN(C3CCNCC3)CC2)ccc1Nc1ncc(Cl)c(Nc2ccccc2CN[SH](=O)=O)n1. The number of aromatic nitrogens is 2. The highest BCUT2D eigenvalue weighted by Crippen LogP contribution is 2.33. The average Bonchev–Trinajstić information content (AvgIpc) is 2.99. The lowest BCUT2D eigenvalue weighted by atomic mass is 10.0. The molecule has 13 heteroatoms. The summed E-state index contributed by atoms with van der Waals surface area (Å²) in [6.07, 6.45) is 3.97. The van der Waals surface area contributed by atoms with Crippen LogP contribution in [0.3, 0.4) is 0 Å². The number of thiol groups is 1. The Kier molecular flexibility index (Phi) is 9.55. The molecule has 2 aliphatic rings. The van der Waals surface area contributed by atoms with E-state index in [0.29, 0.717) is 34.3 Å². The molecule has 3 aromatic rings. The molecule has 40 heavy (non-hydrogen) atoms. The first-order chi connectivity index (χ1) is 19.5. The van der Waals surface area contributed by atoms with Crippen LogP contribution in [0.5, 0.6) is 5.75 Å². The van der Waals surface area contributed by atoms with Crippen molar-refractivity contribution >= 4 is 51.3 Å². The van der Waals surface area contributed by atoms with E-state index in [9.17, 15) is 8.42 Å². The van der Waals surface area contributed by atoms with E-state index in [2.05, 4.69) is 46.5 Å². The van der Waals surface area contributed by atoms with Gasteiger partial charge in [0, 0.05) is 56.2 Å². The highest BCUT2D eigenvalue weighted by atomic mass is 35.5. The smallest absolute Gasteiger partial charge is 0.229 e. The molecule has 0 bridgehead atoms. The zero-order chi connectivity index (χ0) is 27.9.